The van der Waals surface area contributed by atoms with Gasteiger partial charge in [-0.3, -0.25) is 23.9 Å². The number of hydrogen-bond donors (Lipinski definition) is 3. The van der Waals surface area contributed by atoms with Crippen LogP contribution in [0.15, 0.2) is 51.9 Å². The van der Waals surface area contributed by atoms with Crippen LogP contribution in [0.5, 0.6) is 0 Å². The molecule has 0 fully saturated rings. The summed E-state index contributed by atoms with van der Waals surface area (Å²) < 4.78 is 62.1. The van der Waals surface area contributed by atoms with Gasteiger partial charge in [-0.2, -0.15) is 13.2 Å². The number of amides is 2. The highest BCUT2D eigenvalue weighted by atomic mass is 32.1. The molecule has 166 valence electrons. The maximum atomic E-state index is 14.3. The van der Waals surface area contributed by atoms with Gasteiger partial charge in [-0.25, -0.2) is 4.39 Å². The number of H-pyrrole nitrogens is 1. The number of benzene rings is 1. The van der Waals surface area contributed by atoms with Gasteiger partial charge in [-0.05, 0) is 48.6 Å². The molecule has 32 heavy (non-hydrogen) atoms. The smallest absolute Gasteiger partial charge is 0.425 e. The van der Waals surface area contributed by atoms with Gasteiger partial charge in [0, 0.05) is 5.56 Å². The number of halogens is 4. The molecule has 0 saturated heterocycles. The van der Waals surface area contributed by atoms with E-state index in [4.69, 9.17) is 16.6 Å². The molecule has 3 aromatic rings. The molecule has 0 saturated carbocycles. The molecule has 1 aliphatic rings. The molecule has 0 spiro atoms. The number of furan rings is 1. The highest BCUT2D eigenvalue weighted by Gasteiger charge is 2.68. The number of alkyl halides is 3. The third-order valence-electron chi connectivity index (χ3n) is 4.87. The van der Waals surface area contributed by atoms with Gasteiger partial charge in [0.15, 0.2) is 4.77 Å². The summed E-state index contributed by atoms with van der Waals surface area (Å²) in [5, 5.41) is 3.66. The Morgan fingerprint density at radius 1 is 1.19 bits per heavy atom. The van der Waals surface area contributed by atoms with Gasteiger partial charge in [-0.15, -0.1) is 0 Å². The van der Waals surface area contributed by atoms with Crippen LogP contribution in [-0.2, 0) is 16.9 Å². The SMILES string of the molecule is O=C(NC1(C(F)(F)F)C(=O)Nc2c1c(=O)[nH]c(=S)n2Cc1ccco1)c1ccc(F)cc1. The largest absolute Gasteiger partial charge is 0.467 e. The van der Waals surface area contributed by atoms with E-state index in [1.807, 2.05) is 5.32 Å². The number of aromatic nitrogens is 2. The van der Waals surface area contributed by atoms with Gasteiger partial charge < -0.3 is 15.1 Å². The van der Waals surface area contributed by atoms with Crippen molar-refractivity contribution in [3.63, 3.8) is 0 Å². The first kappa shape index (κ1) is 21.5. The van der Waals surface area contributed by atoms with Crippen LogP contribution in [0.2, 0.25) is 0 Å². The number of carbonyl (C=O) groups is 2. The summed E-state index contributed by atoms with van der Waals surface area (Å²) >= 11 is 5.05. The summed E-state index contributed by atoms with van der Waals surface area (Å²) in [6.07, 6.45) is -4.09. The molecule has 0 aliphatic carbocycles. The highest BCUT2D eigenvalue weighted by Crippen LogP contribution is 2.45. The minimum atomic E-state index is -5.42. The molecule has 4 rings (SSSR count). The average molecular weight is 468 g/mol. The first-order valence-corrected chi connectivity index (χ1v) is 9.31. The summed E-state index contributed by atoms with van der Waals surface area (Å²) in [6, 6.07) is 6.67. The molecule has 8 nitrogen and oxygen atoms in total. The molecule has 0 bridgehead atoms. The Morgan fingerprint density at radius 2 is 1.88 bits per heavy atom. The normalized spacial score (nSPS) is 17.7. The zero-order valence-electron chi connectivity index (χ0n) is 15.7. The van der Waals surface area contributed by atoms with Gasteiger partial charge in [0.1, 0.15) is 23.0 Å². The van der Waals surface area contributed by atoms with Crippen molar-refractivity contribution >= 4 is 29.9 Å². The van der Waals surface area contributed by atoms with Gasteiger partial charge in [0.2, 0.25) is 0 Å². The zero-order chi connectivity index (χ0) is 23.3. The van der Waals surface area contributed by atoms with Crippen molar-refractivity contribution in [2.45, 2.75) is 18.3 Å². The van der Waals surface area contributed by atoms with E-state index < -0.39 is 46.3 Å². The fraction of sp³-hybridized carbons (Fsp3) is 0.158. The summed E-state index contributed by atoms with van der Waals surface area (Å²) in [7, 11) is 0. The van der Waals surface area contributed by atoms with Crippen molar-refractivity contribution in [2.24, 2.45) is 0 Å². The van der Waals surface area contributed by atoms with E-state index in [2.05, 4.69) is 4.98 Å². The lowest BCUT2D eigenvalue weighted by Gasteiger charge is -2.30. The fourth-order valence-corrected chi connectivity index (χ4v) is 3.63. The molecule has 1 aromatic carbocycles. The zero-order valence-corrected chi connectivity index (χ0v) is 16.6. The first-order valence-electron chi connectivity index (χ1n) is 8.91. The van der Waals surface area contributed by atoms with Crippen molar-refractivity contribution in [1.29, 1.82) is 0 Å². The molecule has 0 radical (unpaired) electrons. The van der Waals surface area contributed by atoms with E-state index in [1.165, 1.54) is 18.4 Å². The lowest BCUT2D eigenvalue weighted by atomic mass is 9.91. The lowest BCUT2D eigenvalue weighted by molar-refractivity contribution is -0.196. The summed E-state index contributed by atoms with van der Waals surface area (Å²) in [4.78, 5) is 40.0. The van der Waals surface area contributed by atoms with Gasteiger partial charge in [0.05, 0.1) is 12.8 Å². The van der Waals surface area contributed by atoms with Crippen LogP contribution in [0.3, 0.4) is 0 Å². The number of nitrogens with zero attached hydrogens (tertiary/aromatic N) is 1. The van der Waals surface area contributed by atoms with Gasteiger partial charge in [0.25, 0.3) is 22.9 Å². The number of carbonyl (C=O) groups excluding carboxylic acids is 2. The molecule has 2 aromatic heterocycles. The topological polar surface area (TPSA) is 109 Å². The van der Waals surface area contributed by atoms with Crippen molar-refractivity contribution in [3.8, 4) is 0 Å². The van der Waals surface area contributed by atoms with E-state index in [0.29, 0.717) is 0 Å². The van der Waals surface area contributed by atoms with Crippen LogP contribution in [0.25, 0.3) is 0 Å². The quantitative estimate of drug-likeness (QED) is 0.403. The average Bonchev–Trinajstić information content (AvgIpc) is 3.32. The maximum absolute atomic E-state index is 14.3. The Hall–Kier alpha value is -3.74. The molecule has 1 atom stereocenters. The van der Waals surface area contributed by atoms with Gasteiger partial charge in [-0.1, -0.05) is 0 Å². The number of nitrogens with one attached hydrogen (secondary N) is 3. The Balaban J connectivity index is 1.90. The number of fused-ring (bicyclic) bond motifs is 1. The van der Waals surface area contributed by atoms with E-state index in [1.54, 1.807) is 5.32 Å². The van der Waals surface area contributed by atoms with Crippen LogP contribution in [-0.4, -0.2) is 27.5 Å². The second kappa shape index (κ2) is 7.44. The number of hydrogen-bond acceptors (Lipinski definition) is 5. The van der Waals surface area contributed by atoms with Crippen LogP contribution in [0.1, 0.15) is 21.7 Å². The lowest BCUT2D eigenvalue weighted by Crippen LogP contribution is -2.61. The number of aromatic amines is 1. The van der Waals surface area contributed by atoms with Crippen molar-refractivity contribution in [2.75, 3.05) is 5.32 Å². The third-order valence-corrected chi connectivity index (χ3v) is 5.20. The monoisotopic (exact) mass is 468 g/mol. The molecular formula is C19H12F4N4O4S. The molecular weight excluding hydrogens is 456 g/mol. The van der Waals surface area contributed by atoms with Crippen molar-refractivity contribution in [1.82, 2.24) is 14.9 Å². The molecule has 13 heteroatoms. The Bertz CT molecular complexity index is 1330. The Labute approximate surface area is 180 Å². The third kappa shape index (κ3) is 3.30. The minimum Gasteiger partial charge on any atom is -0.467 e. The van der Waals surface area contributed by atoms with E-state index in [0.717, 1.165) is 28.8 Å². The highest BCUT2D eigenvalue weighted by molar-refractivity contribution is 7.71. The maximum Gasteiger partial charge on any atom is 0.425 e. The van der Waals surface area contributed by atoms with E-state index >= 15 is 0 Å². The second-order valence-electron chi connectivity index (χ2n) is 6.81. The summed E-state index contributed by atoms with van der Waals surface area (Å²) in [6.45, 7) is -0.203. The van der Waals surface area contributed by atoms with Gasteiger partial charge >= 0.3 is 6.18 Å². The molecule has 1 aliphatic heterocycles. The fourth-order valence-electron chi connectivity index (χ4n) is 3.38. The number of anilines is 1. The molecule has 2 amide bonds. The van der Waals surface area contributed by atoms with Crippen LogP contribution in [0.4, 0.5) is 23.4 Å². The minimum absolute atomic E-state index is 0.203. The Kier molecular flexibility index (Phi) is 5.00. The molecule has 3 heterocycles. The standard InChI is InChI=1S/C19H12F4N4O4S/c20-10-5-3-9(4-6-10)14(28)26-18(19(21,22)23)12-13(24-16(18)30)27(17(32)25-15(12)29)8-11-2-1-7-31-11/h1-7H,8H2,(H,24,30)(H,26,28)(H,25,29,32). The first-order chi connectivity index (χ1) is 15.0. The van der Waals surface area contributed by atoms with Crippen molar-refractivity contribution < 1.29 is 31.6 Å². The van der Waals surface area contributed by atoms with Crippen LogP contribution in [0, 0.1) is 10.6 Å². The van der Waals surface area contributed by atoms with Crippen LogP contribution < -0.4 is 16.2 Å². The Morgan fingerprint density at radius 3 is 2.47 bits per heavy atom. The van der Waals surface area contributed by atoms with Crippen LogP contribution >= 0.6 is 12.2 Å². The predicted molar refractivity (Wildman–Crippen MR) is 104 cm³/mol. The van der Waals surface area contributed by atoms with E-state index in [9.17, 15) is 31.9 Å². The molecule has 3 N–H and O–H groups in total. The second-order valence-corrected chi connectivity index (χ2v) is 7.20. The number of rotatable bonds is 4. The predicted octanol–water partition coefficient (Wildman–Crippen LogP) is 2.83. The van der Waals surface area contributed by atoms with Crippen molar-refractivity contribution in [3.05, 3.63) is 80.5 Å². The summed E-state index contributed by atoms with van der Waals surface area (Å²) in [5.74, 6) is -4.01. The van der Waals surface area contributed by atoms with E-state index in [-0.39, 0.29) is 22.6 Å². The molecule has 1 unspecified atom stereocenters. The summed E-state index contributed by atoms with van der Waals surface area (Å²) in [5.41, 5.74) is -6.45.